The zero-order chi connectivity index (χ0) is 14.7. The normalized spacial score (nSPS) is 12.5. The predicted molar refractivity (Wildman–Crippen MR) is 81.9 cm³/mol. The summed E-state index contributed by atoms with van der Waals surface area (Å²) in [5.41, 5.74) is 2.49. The van der Waals surface area contributed by atoms with E-state index in [4.69, 9.17) is 0 Å². The third-order valence-electron chi connectivity index (χ3n) is 3.20. The van der Waals surface area contributed by atoms with Gasteiger partial charge in [-0.2, -0.15) is 9.97 Å². The molecule has 1 aromatic carbocycles. The van der Waals surface area contributed by atoms with E-state index in [1.807, 2.05) is 6.92 Å². The molecule has 1 unspecified atom stereocenters. The zero-order valence-electron chi connectivity index (χ0n) is 12.8. The fraction of sp³-hybridized carbons (Fsp3) is 0.438. The number of hydrogen-bond acceptors (Lipinski definition) is 4. The number of nitrogens with one attached hydrogen (secondary N) is 1. The lowest BCUT2D eigenvalue weighted by atomic mass is 10.1. The van der Waals surface area contributed by atoms with Crippen LogP contribution in [0.2, 0.25) is 0 Å². The highest BCUT2D eigenvalue weighted by atomic mass is 15.2. The number of aromatic nitrogens is 3. The standard InChI is InChI=1S/C16H22N4/c1-10(2)15-18-13(5)19-16(20-15)17-12(4)14-8-6-11(3)7-9-14/h6-10,12H,1-5H3,(H,17,18,19,20). The Labute approximate surface area is 120 Å². The van der Waals surface area contributed by atoms with Gasteiger partial charge in [-0.25, -0.2) is 4.98 Å². The van der Waals surface area contributed by atoms with Crippen LogP contribution in [0.4, 0.5) is 5.95 Å². The molecule has 1 heterocycles. The summed E-state index contributed by atoms with van der Waals surface area (Å²) < 4.78 is 0. The van der Waals surface area contributed by atoms with Gasteiger partial charge in [0.25, 0.3) is 0 Å². The second kappa shape index (κ2) is 5.99. The monoisotopic (exact) mass is 270 g/mol. The van der Waals surface area contributed by atoms with Gasteiger partial charge in [-0.15, -0.1) is 0 Å². The van der Waals surface area contributed by atoms with Crippen molar-refractivity contribution >= 4 is 5.95 Å². The van der Waals surface area contributed by atoms with Gasteiger partial charge < -0.3 is 5.32 Å². The molecule has 0 bridgehead atoms. The molecule has 0 aliphatic heterocycles. The molecule has 0 aliphatic rings. The molecule has 2 aromatic rings. The molecular formula is C16H22N4. The Morgan fingerprint density at radius 3 is 2.15 bits per heavy atom. The average Bonchev–Trinajstić information content (AvgIpc) is 2.38. The van der Waals surface area contributed by atoms with E-state index in [0.29, 0.717) is 11.9 Å². The van der Waals surface area contributed by atoms with Crippen molar-refractivity contribution in [3.63, 3.8) is 0 Å². The van der Waals surface area contributed by atoms with Gasteiger partial charge in [0.05, 0.1) is 6.04 Å². The van der Waals surface area contributed by atoms with Crippen LogP contribution in [0.5, 0.6) is 0 Å². The molecule has 1 atom stereocenters. The number of benzene rings is 1. The topological polar surface area (TPSA) is 50.7 Å². The Hall–Kier alpha value is -1.97. The maximum absolute atomic E-state index is 4.48. The van der Waals surface area contributed by atoms with Crippen LogP contribution in [0.15, 0.2) is 24.3 Å². The molecule has 4 nitrogen and oxygen atoms in total. The van der Waals surface area contributed by atoms with Gasteiger partial charge in [0, 0.05) is 5.92 Å². The molecule has 0 saturated carbocycles. The summed E-state index contributed by atoms with van der Waals surface area (Å²) in [5, 5.41) is 3.35. The summed E-state index contributed by atoms with van der Waals surface area (Å²) >= 11 is 0. The number of rotatable bonds is 4. The van der Waals surface area contributed by atoms with Crippen molar-refractivity contribution in [2.75, 3.05) is 5.32 Å². The van der Waals surface area contributed by atoms with Crippen LogP contribution >= 0.6 is 0 Å². The molecule has 0 amide bonds. The first-order chi connectivity index (χ1) is 9.45. The third kappa shape index (κ3) is 3.53. The van der Waals surface area contributed by atoms with Crippen molar-refractivity contribution in [1.82, 2.24) is 15.0 Å². The number of nitrogens with zero attached hydrogens (tertiary/aromatic N) is 3. The van der Waals surface area contributed by atoms with E-state index >= 15 is 0 Å². The third-order valence-corrected chi connectivity index (χ3v) is 3.20. The molecule has 0 fully saturated rings. The van der Waals surface area contributed by atoms with Crippen molar-refractivity contribution in [2.24, 2.45) is 0 Å². The highest BCUT2D eigenvalue weighted by molar-refractivity contribution is 5.33. The minimum Gasteiger partial charge on any atom is -0.348 e. The summed E-state index contributed by atoms with van der Waals surface area (Å²) in [6.07, 6.45) is 0. The summed E-state index contributed by atoms with van der Waals surface area (Å²) in [6.45, 7) is 10.3. The first-order valence-corrected chi connectivity index (χ1v) is 7.01. The van der Waals surface area contributed by atoms with Gasteiger partial charge in [0.1, 0.15) is 11.6 Å². The second-order valence-corrected chi connectivity index (χ2v) is 5.50. The lowest BCUT2D eigenvalue weighted by Crippen LogP contribution is -2.12. The largest absolute Gasteiger partial charge is 0.348 e. The maximum atomic E-state index is 4.48. The molecule has 4 heteroatoms. The summed E-state index contributed by atoms with van der Waals surface area (Å²) in [6, 6.07) is 8.66. The van der Waals surface area contributed by atoms with Gasteiger partial charge >= 0.3 is 0 Å². The van der Waals surface area contributed by atoms with Crippen LogP contribution in [0, 0.1) is 13.8 Å². The van der Waals surface area contributed by atoms with Crippen LogP contribution in [0.1, 0.15) is 55.5 Å². The van der Waals surface area contributed by atoms with Crippen LogP contribution in [0.25, 0.3) is 0 Å². The highest BCUT2D eigenvalue weighted by Crippen LogP contribution is 2.18. The van der Waals surface area contributed by atoms with E-state index in [1.165, 1.54) is 11.1 Å². The number of hydrogen-bond donors (Lipinski definition) is 1. The summed E-state index contributed by atoms with van der Waals surface area (Å²) in [5.74, 6) is 2.53. The Bertz CT molecular complexity index is 576. The first-order valence-electron chi connectivity index (χ1n) is 7.01. The van der Waals surface area contributed by atoms with Crippen molar-refractivity contribution in [1.29, 1.82) is 0 Å². The van der Waals surface area contributed by atoms with Gasteiger partial charge in [-0.1, -0.05) is 43.7 Å². The van der Waals surface area contributed by atoms with Crippen LogP contribution in [-0.4, -0.2) is 15.0 Å². The van der Waals surface area contributed by atoms with Gasteiger partial charge in [-0.3, -0.25) is 0 Å². The van der Waals surface area contributed by atoms with Crippen molar-refractivity contribution in [3.05, 3.63) is 47.0 Å². The molecule has 20 heavy (non-hydrogen) atoms. The average molecular weight is 270 g/mol. The second-order valence-electron chi connectivity index (χ2n) is 5.50. The van der Waals surface area contributed by atoms with E-state index in [0.717, 1.165) is 11.6 Å². The van der Waals surface area contributed by atoms with E-state index in [-0.39, 0.29) is 6.04 Å². The summed E-state index contributed by atoms with van der Waals surface area (Å²) in [7, 11) is 0. The smallest absolute Gasteiger partial charge is 0.226 e. The van der Waals surface area contributed by atoms with E-state index in [2.05, 4.69) is 72.2 Å². The fourth-order valence-electron chi connectivity index (χ4n) is 1.96. The van der Waals surface area contributed by atoms with E-state index in [1.54, 1.807) is 0 Å². The van der Waals surface area contributed by atoms with E-state index < -0.39 is 0 Å². The minimum atomic E-state index is 0.164. The van der Waals surface area contributed by atoms with E-state index in [9.17, 15) is 0 Å². The Morgan fingerprint density at radius 2 is 1.55 bits per heavy atom. The van der Waals surface area contributed by atoms with Crippen LogP contribution < -0.4 is 5.32 Å². The molecule has 0 spiro atoms. The van der Waals surface area contributed by atoms with Crippen LogP contribution in [0.3, 0.4) is 0 Å². The van der Waals surface area contributed by atoms with Crippen molar-refractivity contribution < 1.29 is 0 Å². The molecule has 1 aromatic heterocycles. The molecule has 1 N–H and O–H groups in total. The van der Waals surface area contributed by atoms with Crippen molar-refractivity contribution in [2.45, 2.75) is 46.6 Å². The van der Waals surface area contributed by atoms with Crippen molar-refractivity contribution in [3.8, 4) is 0 Å². The lowest BCUT2D eigenvalue weighted by Gasteiger charge is -2.15. The van der Waals surface area contributed by atoms with Gasteiger partial charge in [0.15, 0.2) is 0 Å². The molecule has 0 radical (unpaired) electrons. The zero-order valence-corrected chi connectivity index (χ0v) is 12.8. The SMILES string of the molecule is Cc1ccc(C(C)Nc2nc(C)nc(C(C)C)n2)cc1. The molecule has 2 rings (SSSR count). The summed E-state index contributed by atoms with van der Waals surface area (Å²) in [4.78, 5) is 13.2. The molecule has 0 aliphatic carbocycles. The van der Waals surface area contributed by atoms with Crippen LogP contribution in [-0.2, 0) is 0 Å². The molecule has 106 valence electrons. The number of aryl methyl sites for hydroxylation is 2. The first kappa shape index (κ1) is 14.4. The van der Waals surface area contributed by atoms with Gasteiger partial charge in [-0.05, 0) is 26.3 Å². The fourth-order valence-corrected chi connectivity index (χ4v) is 1.96. The lowest BCUT2D eigenvalue weighted by molar-refractivity contribution is 0.739. The Morgan fingerprint density at radius 1 is 0.900 bits per heavy atom. The highest BCUT2D eigenvalue weighted by Gasteiger charge is 2.10. The molecule has 0 saturated heterocycles. The maximum Gasteiger partial charge on any atom is 0.226 e. The quantitative estimate of drug-likeness (QED) is 0.918. The van der Waals surface area contributed by atoms with Gasteiger partial charge in [0.2, 0.25) is 5.95 Å². The predicted octanol–water partition coefficient (Wildman–Crippen LogP) is 3.78. The Balaban J connectivity index is 2.18. The molecular weight excluding hydrogens is 248 g/mol. The number of anilines is 1. The minimum absolute atomic E-state index is 0.164. The Kier molecular flexibility index (Phi) is 4.32.